The Bertz CT molecular complexity index is 594. The molecule has 0 spiro atoms. The fourth-order valence-electron chi connectivity index (χ4n) is 3.40. The second-order valence-corrected chi connectivity index (χ2v) is 7.35. The number of anilines is 1. The number of halogens is 1. The quantitative estimate of drug-likeness (QED) is 0.765. The highest BCUT2D eigenvalue weighted by Gasteiger charge is 2.29. The second-order valence-electron chi connectivity index (χ2n) is 7.35. The summed E-state index contributed by atoms with van der Waals surface area (Å²) in [7, 11) is 1.99. The van der Waals surface area contributed by atoms with E-state index in [4.69, 9.17) is 0 Å². The van der Waals surface area contributed by atoms with Crippen molar-refractivity contribution in [1.82, 2.24) is 10.2 Å². The number of hydrogen-bond acceptors (Lipinski definition) is 3. The Labute approximate surface area is 162 Å². The number of likely N-dealkylation sites (tertiary alicyclic amines) is 1. The molecular formula is C20H30ClN3O2. The van der Waals surface area contributed by atoms with Gasteiger partial charge in [-0.3, -0.25) is 9.59 Å². The van der Waals surface area contributed by atoms with Crippen molar-refractivity contribution >= 4 is 29.9 Å². The van der Waals surface area contributed by atoms with Gasteiger partial charge in [-0.2, -0.15) is 0 Å². The predicted molar refractivity (Wildman–Crippen MR) is 107 cm³/mol. The van der Waals surface area contributed by atoms with Gasteiger partial charge in [0.2, 0.25) is 11.8 Å². The van der Waals surface area contributed by atoms with E-state index in [1.807, 2.05) is 36.2 Å². The molecule has 0 bridgehead atoms. The zero-order valence-electron chi connectivity index (χ0n) is 15.5. The van der Waals surface area contributed by atoms with Crippen LogP contribution in [0.4, 0.5) is 5.69 Å². The van der Waals surface area contributed by atoms with Crippen LogP contribution >= 0.6 is 12.4 Å². The van der Waals surface area contributed by atoms with E-state index in [1.54, 1.807) is 0 Å². The smallest absolute Gasteiger partial charge is 0.227 e. The maximum absolute atomic E-state index is 12.5. The third-order valence-electron chi connectivity index (χ3n) is 5.29. The summed E-state index contributed by atoms with van der Waals surface area (Å²) in [5, 5.41) is 6.13. The van der Waals surface area contributed by atoms with Crippen molar-refractivity contribution < 1.29 is 9.59 Å². The molecular weight excluding hydrogens is 350 g/mol. The molecule has 0 radical (unpaired) electrons. The van der Waals surface area contributed by atoms with Crippen LogP contribution in [-0.2, 0) is 16.0 Å². The maximum Gasteiger partial charge on any atom is 0.227 e. The Hall–Kier alpha value is -1.59. The molecule has 2 fully saturated rings. The molecule has 26 heavy (non-hydrogen) atoms. The van der Waals surface area contributed by atoms with Gasteiger partial charge in [-0.1, -0.05) is 12.1 Å². The molecule has 2 aliphatic rings. The monoisotopic (exact) mass is 379 g/mol. The first-order chi connectivity index (χ1) is 12.2. The SMILES string of the molecule is CNCCC1CCN(C(=O)Cc2ccc(NC(=O)C3CC3)cc2)CC1.Cl. The maximum atomic E-state index is 12.5. The molecule has 1 aliphatic carbocycles. The number of carbonyl (C=O) groups excluding carboxylic acids is 2. The van der Waals surface area contributed by atoms with E-state index < -0.39 is 0 Å². The molecule has 1 saturated heterocycles. The number of rotatable bonds is 7. The number of nitrogens with one attached hydrogen (secondary N) is 2. The Kier molecular flexibility index (Phi) is 7.91. The third-order valence-corrected chi connectivity index (χ3v) is 5.29. The summed E-state index contributed by atoms with van der Waals surface area (Å²) in [5.41, 5.74) is 1.82. The van der Waals surface area contributed by atoms with E-state index in [2.05, 4.69) is 10.6 Å². The minimum absolute atomic E-state index is 0. The third kappa shape index (κ3) is 5.99. The Morgan fingerprint density at radius 1 is 1.08 bits per heavy atom. The average molecular weight is 380 g/mol. The van der Waals surface area contributed by atoms with Gasteiger partial charge in [0.15, 0.2) is 0 Å². The van der Waals surface area contributed by atoms with Crippen LogP contribution in [0.3, 0.4) is 0 Å². The number of amides is 2. The molecule has 2 N–H and O–H groups in total. The molecule has 0 unspecified atom stereocenters. The fourth-order valence-corrected chi connectivity index (χ4v) is 3.40. The largest absolute Gasteiger partial charge is 0.342 e. The van der Waals surface area contributed by atoms with E-state index in [0.717, 1.165) is 62.5 Å². The summed E-state index contributed by atoms with van der Waals surface area (Å²) in [4.78, 5) is 26.3. The zero-order chi connectivity index (χ0) is 17.6. The highest BCUT2D eigenvalue weighted by atomic mass is 35.5. The van der Waals surface area contributed by atoms with Gasteiger partial charge in [0.25, 0.3) is 0 Å². The van der Waals surface area contributed by atoms with Crippen LogP contribution in [0.1, 0.15) is 37.7 Å². The highest BCUT2D eigenvalue weighted by molar-refractivity contribution is 5.94. The Morgan fingerprint density at radius 3 is 2.31 bits per heavy atom. The van der Waals surface area contributed by atoms with E-state index >= 15 is 0 Å². The first-order valence-corrected chi connectivity index (χ1v) is 9.48. The molecule has 2 amide bonds. The highest BCUT2D eigenvalue weighted by Crippen LogP contribution is 2.30. The molecule has 1 aromatic rings. The van der Waals surface area contributed by atoms with Gasteiger partial charge in [0.1, 0.15) is 0 Å². The Morgan fingerprint density at radius 2 is 1.73 bits per heavy atom. The molecule has 144 valence electrons. The van der Waals surface area contributed by atoms with Gasteiger partial charge < -0.3 is 15.5 Å². The molecule has 1 heterocycles. The van der Waals surface area contributed by atoms with E-state index in [1.165, 1.54) is 6.42 Å². The molecule has 1 saturated carbocycles. The summed E-state index contributed by atoms with van der Waals surface area (Å²) in [6, 6.07) is 7.68. The van der Waals surface area contributed by atoms with Gasteiger partial charge in [-0.25, -0.2) is 0 Å². The van der Waals surface area contributed by atoms with Crippen molar-refractivity contribution in [1.29, 1.82) is 0 Å². The number of carbonyl (C=O) groups is 2. The number of benzene rings is 1. The van der Waals surface area contributed by atoms with Gasteiger partial charge >= 0.3 is 0 Å². The lowest BCUT2D eigenvalue weighted by Gasteiger charge is -2.32. The van der Waals surface area contributed by atoms with Crippen LogP contribution in [0.2, 0.25) is 0 Å². The van der Waals surface area contributed by atoms with Crippen LogP contribution in [0.5, 0.6) is 0 Å². The van der Waals surface area contributed by atoms with Crippen LogP contribution in [0.25, 0.3) is 0 Å². The van der Waals surface area contributed by atoms with Crippen molar-refractivity contribution in [2.45, 2.75) is 38.5 Å². The van der Waals surface area contributed by atoms with Gasteiger partial charge in [0, 0.05) is 24.7 Å². The minimum Gasteiger partial charge on any atom is -0.342 e. The Balaban J connectivity index is 0.00000243. The second kappa shape index (κ2) is 9.93. The van der Waals surface area contributed by atoms with E-state index in [0.29, 0.717) is 6.42 Å². The number of piperidine rings is 1. The van der Waals surface area contributed by atoms with Crippen molar-refractivity contribution in [2.24, 2.45) is 11.8 Å². The van der Waals surface area contributed by atoms with Gasteiger partial charge in [-0.05, 0) is 69.3 Å². The summed E-state index contributed by atoms with van der Waals surface area (Å²) in [5.74, 6) is 1.27. The van der Waals surface area contributed by atoms with Crippen LogP contribution in [0, 0.1) is 11.8 Å². The van der Waals surface area contributed by atoms with E-state index in [9.17, 15) is 9.59 Å². The fraction of sp³-hybridized carbons (Fsp3) is 0.600. The molecule has 0 atom stereocenters. The lowest BCUT2D eigenvalue weighted by molar-refractivity contribution is -0.131. The van der Waals surface area contributed by atoms with Crippen molar-refractivity contribution in [3.8, 4) is 0 Å². The first-order valence-electron chi connectivity index (χ1n) is 9.48. The molecule has 6 heteroatoms. The number of hydrogen-bond donors (Lipinski definition) is 2. The lowest BCUT2D eigenvalue weighted by Crippen LogP contribution is -2.39. The van der Waals surface area contributed by atoms with Crippen LogP contribution in [0.15, 0.2) is 24.3 Å². The number of nitrogens with zero attached hydrogens (tertiary/aromatic N) is 1. The topological polar surface area (TPSA) is 61.4 Å². The van der Waals surface area contributed by atoms with Gasteiger partial charge in [0.05, 0.1) is 6.42 Å². The summed E-state index contributed by atoms with van der Waals surface area (Å²) >= 11 is 0. The normalized spacial score (nSPS) is 17.5. The van der Waals surface area contributed by atoms with Crippen molar-refractivity contribution in [2.75, 3.05) is 32.0 Å². The minimum atomic E-state index is 0. The average Bonchev–Trinajstić information content (AvgIpc) is 3.47. The van der Waals surface area contributed by atoms with Gasteiger partial charge in [-0.15, -0.1) is 12.4 Å². The van der Waals surface area contributed by atoms with Crippen molar-refractivity contribution in [3.63, 3.8) is 0 Å². The summed E-state index contributed by atoms with van der Waals surface area (Å²) < 4.78 is 0. The molecule has 1 aliphatic heterocycles. The zero-order valence-corrected chi connectivity index (χ0v) is 16.3. The molecule has 5 nitrogen and oxygen atoms in total. The first kappa shape index (κ1) is 20.7. The van der Waals surface area contributed by atoms with E-state index in [-0.39, 0.29) is 30.1 Å². The molecule has 3 rings (SSSR count). The molecule has 0 aromatic heterocycles. The van der Waals surface area contributed by atoms with Crippen LogP contribution < -0.4 is 10.6 Å². The summed E-state index contributed by atoms with van der Waals surface area (Å²) in [6.45, 7) is 2.81. The standard InChI is InChI=1S/C20H29N3O2.ClH/c1-21-11-8-15-9-12-23(13-10-15)19(24)14-16-2-6-18(7-3-16)22-20(25)17-4-5-17;/h2-3,6-7,15,17,21H,4-5,8-14H2,1H3,(H,22,25);1H. The van der Waals surface area contributed by atoms with Crippen molar-refractivity contribution in [3.05, 3.63) is 29.8 Å². The van der Waals surface area contributed by atoms with Crippen LogP contribution in [-0.4, -0.2) is 43.4 Å². The summed E-state index contributed by atoms with van der Waals surface area (Å²) in [6.07, 6.45) is 5.87. The lowest BCUT2D eigenvalue weighted by atomic mass is 9.93. The predicted octanol–water partition coefficient (Wildman–Crippen LogP) is 2.85. The molecule has 1 aromatic carbocycles.